The number of hydrogen-bond acceptors (Lipinski definition) is 2. The lowest BCUT2D eigenvalue weighted by atomic mass is 10.2. The molecular formula is C18H21N2O2+. The zero-order valence-corrected chi connectivity index (χ0v) is 12.6. The zero-order chi connectivity index (χ0) is 15.2. The number of furan rings is 1. The number of quaternary nitrogens is 1. The molecule has 1 fully saturated rings. The van der Waals surface area contributed by atoms with Gasteiger partial charge in [0.25, 0.3) is 5.91 Å². The van der Waals surface area contributed by atoms with E-state index in [1.165, 1.54) is 10.5 Å². The quantitative estimate of drug-likeness (QED) is 0.924. The summed E-state index contributed by atoms with van der Waals surface area (Å²) in [6, 6.07) is 13.8. The second-order valence-corrected chi connectivity index (χ2v) is 5.54. The molecule has 0 radical (unpaired) electrons. The van der Waals surface area contributed by atoms with Gasteiger partial charge in [-0.05, 0) is 23.8 Å². The van der Waals surface area contributed by atoms with Gasteiger partial charge in [0.2, 0.25) is 0 Å². The number of nitrogens with one attached hydrogen (secondary N) is 1. The topological polar surface area (TPSA) is 37.9 Å². The van der Waals surface area contributed by atoms with E-state index in [2.05, 4.69) is 24.3 Å². The first-order valence-electron chi connectivity index (χ1n) is 7.71. The Morgan fingerprint density at radius 1 is 1.14 bits per heavy atom. The molecule has 1 amide bonds. The summed E-state index contributed by atoms with van der Waals surface area (Å²) in [5.41, 5.74) is 1.23. The van der Waals surface area contributed by atoms with Crippen LogP contribution in [0.4, 0.5) is 0 Å². The molecule has 3 rings (SSSR count). The van der Waals surface area contributed by atoms with E-state index < -0.39 is 0 Å². The van der Waals surface area contributed by atoms with Crippen LogP contribution in [0.5, 0.6) is 0 Å². The van der Waals surface area contributed by atoms with E-state index in [1.807, 2.05) is 23.1 Å². The van der Waals surface area contributed by atoms with Crippen LogP contribution < -0.4 is 4.90 Å². The van der Waals surface area contributed by atoms with Crippen LogP contribution in [0.25, 0.3) is 6.08 Å². The van der Waals surface area contributed by atoms with Crippen molar-refractivity contribution in [3.63, 3.8) is 0 Å². The van der Waals surface area contributed by atoms with Crippen molar-refractivity contribution in [1.82, 2.24) is 4.90 Å². The predicted molar refractivity (Wildman–Crippen MR) is 85.7 cm³/mol. The van der Waals surface area contributed by atoms with E-state index in [-0.39, 0.29) is 5.91 Å². The third kappa shape index (κ3) is 3.65. The molecule has 0 aliphatic carbocycles. The molecule has 0 saturated carbocycles. The number of amides is 1. The SMILES string of the molecule is O=C(c1ccco1)N1CC[NH+](CC=Cc2ccccc2)CC1. The summed E-state index contributed by atoms with van der Waals surface area (Å²) in [4.78, 5) is 15.6. The van der Waals surface area contributed by atoms with Crippen molar-refractivity contribution in [2.24, 2.45) is 0 Å². The van der Waals surface area contributed by atoms with Crippen molar-refractivity contribution in [1.29, 1.82) is 0 Å². The molecule has 1 aromatic heterocycles. The molecule has 0 atom stereocenters. The molecule has 1 aromatic carbocycles. The van der Waals surface area contributed by atoms with Crippen molar-refractivity contribution < 1.29 is 14.1 Å². The molecule has 2 heterocycles. The molecule has 22 heavy (non-hydrogen) atoms. The third-order valence-electron chi connectivity index (χ3n) is 4.01. The van der Waals surface area contributed by atoms with Gasteiger partial charge in [0.05, 0.1) is 39.0 Å². The molecule has 0 spiro atoms. The van der Waals surface area contributed by atoms with E-state index in [9.17, 15) is 4.79 Å². The van der Waals surface area contributed by atoms with Crippen molar-refractivity contribution >= 4 is 12.0 Å². The lowest BCUT2D eigenvalue weighted by Crippen LogP contribution is -3.14. The number of carbonyl (C=O) groups excluding carboxylic acids is 1. The van der Waals surface area contributed by atoms with Gasteiger partial charge in [-0.1, -0.05) is 36.4 Å². The maximum atomic E-state index is 12.2. The number of benzene rings is 1. The van der Waals surface area contributed by atoms with Gasteiger partial charge in [-0.2, -0.15) is 0 Å². The summed E-state index contributed by atoms with van der Waals surface area (Å²) in [6.45, 7) is 4.52. The minimum Gasteiger partial charge on any atom is -0.459 e. The Kier molecular flexibility index (Phi) is 4.71. The average molecular weight is 297 g/mol. The Hall–Kier alpha value is -2.33. The van der Waals surface area contributed by atoms with Crippen LogP contribution in [0.2, 0.25) is 0 Å². The lowest BCUT2D eigenvalue weighted by molar-refractivity contribution is -0.898. The molecule has 4 nitrogen and oxygen atoms in total. The normalized spacial score (nSPS) is 16.3. The summed E-state index contributed by atoms with van der Waals surface area (Å²) < 4.78 is 5.18. The Labute approximate surface area is 130 Å². The van der Waals surface area contributed by atoms with Crippen LogP contribution in [0.15, 0.2) is 59.2 Å². The van der Waals surface area contributed by atoms with E-state index in [1.54, 1.807) is 18.4 Å². The highest BCUT2D eigenvalue weighted by atomic mass is 16.3. The maximum Gasteiger partial charge on any atom is 0.289 e. The molecule has 1 N–H and O–H groups in total. The number of rotatable bonds is 4. The van der Waals surface area contributed by atoms with Crippen LogP contribution in [0.1, 0.15) is 16.1 Å². The minimum absolute atomic E-state index is 0.00359. The van der Waals surface area contributed by atoms with Crippen molar-refractivity contribution in [2.75, 3.05) is 32.7 Å². The standard InChI is InChI=1S/C18H20N2O2/c21-18(17-9-5-15-22-17)20-13-11-19(12-14-20)10-4-8-16-6-2-1-3-7-16/h1-9,15H,10-14H2/p+1. The summed E-state index contributed by atoms with van der Waals surface area (Å²) in [5.74, 6) is 0.441. The number of nitrogens with zero attached hydrogens (tertiary/aromatic N) is 1. The molecule has 2 aromatic rings. The fraction of sp³-hybridized carbons (Fsp3) is 0.278. The van der Waals surface area contributed by atoms with Gasteiger partial charge in [0.1, 0.15) is 0 Å². The molecule has 0 unspecified atom stereocenters. The average Bonchev–Trinajstić information content (AvgIpc) is 3.10. The Balaban J connectivity index is 1.46. The zero-order valence-electron chi connectivity index (χ0n) is 12.6. The first kappa shape index (κ1) is 14.6. The van der Waals surface area contributed by atoms with Gasteiger partial charge >= 0.3 is 0 Å². The second kappa shape index (κ2) is 7.09. The Morgan fingerprint density at radius 3 is 2.59 bits per heavy atom. The molecular weight excluding hydrogens is 276 g/mol. The van der Waals surface area contributed by atoms with Gasteiger partial charge in [-0.25, -0.2) is 0 Å². The Morgan fingerprint density at radius 2 is 1.91 bits per heavy atom. The molecule has 0 bridgehead atoms. The van der Waals surface area contributed by atoms with E-state index >= 15 is 0 Å². The van der Waals surface area contributed by atoms with E-state index in [0.29, 0.717) is 5.76 Å². The molecule has 114 valence electrons. The van der Waals surface area contributed by atoms with E-state index in [0.717, 1.165) is 32.7 Å². The minimum atomic E-state index is 0.00359. The largest absolute Gasteiger partial charge is 0.459 e. The van der Waals surface area contributed by atoms with Gasteiger partial charge in [0, 0.05) is 0 Å². The first-order chi connectivity index (χ1) is 10.8. The maximum absolute atomic E-state index is 12.2. The van der Waals surface area contributed by atoms with Crippen LogP contribution in [-0.4, -0.2) is 43.5 Å². The highest BCUT2D eigenvalue weighted by molar-refractivity contribution is 5.91. The highest BCUT2D eigenvalue weighted by Crippen LogP contribution is 2.05. The molecule has 1 aliphatic heterocycles. The van der Waals surface area contributed by atoms with Gasteiger partial charge in [-0.3, -0.25) is 4.79 Å². The van der Waals surface area contributed by atoms with Crippen LogP contribution >= 0.6 is 0 Å². The molecule has 1 aliphatic rings. The predicted octanol–water partition coefficient (Wildman–Crippen LogP) is 1.33. The fourth-order valence-electron chi connectivity index (χ4n) is 2.71. The van der Waals surface area contributed by atoms with Gasteiger partial charge < -0.3 is 14.2 Å². The lowest BCUT2D eigenvalue weighted by Gasteiger charge is -2.31. The summed E-state index contributed by atoms with van der Waals surface area (Å²) >= 11 is 0. The highest BCUT2D eigenvalue weighted by Gasteiger charge is 2.25. The molecule has 1 saturated heterocycles. The second-order valence-electron chi connectivity index (χ2n) is 5.54. The van der Waals surface area contributed by atoms with Crippen molar-refractivity contribution in [2.45, 2.75) is 0 Å². The summed E-state index contributed by atoms with van der Waals surface area (Å²) in [7, 11) is 0. The fourth-order valence-corrected chi connectivity index (χ4v) is 2.71. The smallest absolute Gasteiger partial charge is 0.289 e. The number of hydrogen-bond donors (Lipinski definition) is 1. The van der Waals surface area contributed by atoms with Crippen LogP contribution in [0.3, 0.4) is 0 Å². The summed E-state index contributed by atoms with van der Waals surface area (Å²) in [6.07, 6.45) is 5.92. The molecule has 4 heteroatoms. The van der Waals surface area contributed by atoms with Crippen molar-refractivity contribution in [3.05, 3.63) is 66.1 Å². The first-order valence-corrected chi connectivity index (χ1v) is 7.71. The van der Waals surface area contributed by atoms with Crippen LogP contribution in [-0.2, 0) is 0 Å². The van der Waals surface area contributed by atoms with Crippen molar-refractivity contribution in [3.8, 4) is 0 Å². The third-order valence-corrected chi connectivity index (χ3v) is 4.01. The summed E-state index contributed by atoms with van der Waals surface area (Å²) in [5, 5.41) is 0. The number of carbonyl (C=O) groups is 1. The Bertz CT molecular complexity index is 612. The van der Waals surface area contributed by atoms with E-state index in [4.69, 9.17) is 4.42 Å². The van der Waals surface area contributed by atoms with Crippen LogP contribution in [0, 0.1) is 0 Å². The monoisotopic (exact) mass is 297 g/mol. The van der Waals surface area contributed by atoms with Gasteiger partial charge in [-0.15, -0.1) is 0 Å². The van der Waals surface area contributed by atoms with Gasteiger partial charge in [0.15, 0.2) is 5.76 Å². The number of piperazine rings is 1.